The minimum Gasteiger partial charge on any atom is -0.377 e. The molecule has 1 aliphatic heterocycles. The molecule has 6 nitrogen and oxygen atoms in total. The number of aromatic nitrogens is 2. The van der Waals surface area contributed by atoms with Crippen molar-refractivity contribution >= 4 is 27.5 Å². The molecule has 0 aliphatic carbocycles. The molecule has 1 atom stereocenters. The Morgan fingerprint density at radius 3 is 3.00 bits per heavy atom. The molecule has 1 fully saturated rings. The summed E-state index contributed by atoms with van der Waals surface area (Å²) in [5.41, 5.74) is 0.621. The van der Waals surface area contributed by atoms with Crippen LogP contribution in [0.15, 0.2) is 11.1 Å². The second kappa shape index (κ2) is 5.23. The number of ether oxygens (including phenoxy) is 1. The molecule has 0 bridgehead atoms. The quantitative estimate of drug-likeness (QED) is 0.793. The Labute approximate surface area is 126 Å². The topological polar surface area (TPSA) is 64.4 Å². The van der Waals surface area contributed by atoms with Gasteiger partial charge in [-0.05, 0) is 19.4 Å². The van der Waals surface area contributed by atoms with Crippen molar-refractivity contribution in [3.05, 3.63) is 27.1 Å². The second-order valence-electron chi connectivity index (χ2n) is 5.32. The number of hydrogen-bond acceptors (Lipinski definition) is 5. The molecule has 21 heavy (non-hydrogen) atoms. The van der Waals surface area contributed by atoms with Crippen molar-refractivity contribution in [2.45, 2.75) is 19.9 Å². The summed E-state index contributed by atoms with van der Waals surface area (Å²) in [7, 11) is 1.66. The molecule has 3 rings (SSSR count). The maximum Gasteiger partial charge on any atom is 0.264 e. The van der Waals surface area contributed by atoms with E-state index in [1.807, 2.05) is 18.7 Å². The molecule has 2 aromatic rings. The summed E-state index contributed by atoms with van der Waals surface area (Å²) < 4.78 is 6.80. The normalized spacial score (nSPS) is 19.2. The molecule has 112 valence electrons. The number of carbonyl (C=O) groups is 1. The van der Waals surface area contributed by atoms with Gasteiger partial charge in [-0.25, -0.2) is 4.98 Å². The maximum absolute atomic E-state index is 12.7. The average Bonchev–Trinajstić information content (AvgIpc) is 2.80. The third kappa shape index (κ3) is 2.26. The van der Waals surface area contributed by atoms with Crippen LogP contribution in [-0.4, -0.2) is 46.2 Å². The first kappa shape index (κ1) is 14.2. The molecule has 0 N–H and O–H groups in total. The predicted molar refractivity (Wildman–Crippen MR) is 80.9 cm³/mol. The van der Waals surface area contributed by atoms with Gasteiger partial charge in [0.25, 0.3) is 11.5 Å². The van der Waals surface area contributed by atoms with Crippen LogP contribution in [0.1, 0.15) is 22.2 Å². The molecule has 0 aromatic carbocycles. The molecule has 1 aliphatic rings. The predicted octanol–water partition coefficient (Wildman–Crippen LogP) is 1.16. The van der Waals surface area contributed by atoms with Crippen LogP contribution in [0.3, 0.4) is 0 Å². The molecule has 0 saturated carbocycles. The lowest BCUT2D eigenvalue weighted by molar-refractivity contribution is 0.00384. The summed E-state index contributed by atoms with van der Waals surface area (Å²) in [5, 5.41) is 0.550. The summed E-state index contributed by atoms with van der Waals surface area (Å²) in [6.45, 7) is 5.48. The van der Waals surface area contributed by atoms with E-state index >= 15 is 0 Å². The van der Waals surface area contributed by atoms with Crippen molar-refractivity contribution in [1.29, 1.82) is 0 Å². The highest BCUT2D eigenvalue weighted by Gasteiger charge is 2.28. The number of rotatable bonds is 1. The molecule has 1 saturated heterocycles. The minimum absolute atomic E-state index is 0.0339. The van der Waals surface area contributed by atoms with E-state index in [1.165, 1.54) is 22.2 Å². The Kier molecular flexibility index (Phi) is 3.54. The summed E-state index contributed by atoms with van der Waals surface area (Å²) in [5.74, 6) is -0.0339. The zero-order valence-electron chi connectivity index (χ0n) is 12.3. The summed E-state index contributed by atoms with van der Waals surface area (Å²) in [6.07, 6.45) is 1.49. The van der Waals surface area contributed by atoms with Gasteiger partial charge in [-0.1, -0.05) is 0 Å². The highest BCUT2D eigenvalue weighted by Crippen LogP contribution is 2.28. The van der Waals surface area contributed by atoms with Crippen molar-refractivity contribution in [1.82, 2.24) is 14.5 Å². The van der Waals surface area contributed by atoms with E-state index in [4.69, 9.17) is 4.74 Å². The lowest BCUT2D eigenvalue weighted by atomic mass is 10.1. The molecule has 1 amide bonds. The summed E-state index contributed by atoms with van der Waals surface area (Å²) in [6, 6.07) is 0.0478. The fourth-order valence-corrected chi connectivity index (χ4v) is 3.67. The number of amides is 1. The van der Waals surface area contributed by atoms with E-state index < -0.39 is 0 Å². The average molecular weight is 307 g/mol. The number of morpholine rings is 1. The Morgan fingerprint density at radius 2 is 2.29 bits per heavy atom. The largest absolute Gasteiger partial charge is 0.377 e. The number of hydrogen-bond donors (Lipinski definition) is 0. The number of thiophene rings is 1. The highest BCUT2D eigenvalue weighted by molar-refractivity contribution is 7.20. The van der Waals surface area contributed by atoms with E-state index in [0.717, 1.165) is 5.56 Å². The Morgan fingerprint density at radius 1 is 1.52 bits per heavy atom. The first-order chi connectivity index (χ1) is 10.0. The Hall–Kier alpha value is -1.73. The van der Waals surface area contributed by atoms with E-state index in [1.54, 1.807) is 7.05 Å². The molecule has 7 heteroatoms. The molecule has 0 spiro atoms. The van der Waals surface area contributed by atoms with Gasteiger partial charge < -0.3 is 14.2 Å². The van der Waals surface area contributed by atoms with Crippen LogP contribution in [0.2, 0.25) is 0 Å². The third-order valence-electron chi connectivity index (χ3n) is 3.83. The third-order valence-corrected chi connectivity index (χ3v) is 5.02. The van der Waals surface area contributed by atoms with E-state index in [9.17, 15) is 9.59 Å². The lowest BCUT2D eigenvalue weighted by Gasteiger charge is -2.33. The van der Waals surface area contributed by atoms with Crippen molar-refractivity contribution in [2.24, 2.45) is 7.05 Å². The van der Waals surface area contributed by atoms with Crippen LogP contribution in [0.25, 0.3) is 10.2 Å². The molecule has 0 radical (unpaired) electrons. The molecular weight excluding hydrogens is 290 g/mol. The van der Waals surface area contributed by atoms with Gasteiger partial charge in [0.2, 0.25) is 0 Å². The molecule has 3 heterocycles. The molecule has 0 unspecified atom stereocenters. The second-order valence-corrected chi connectivity index (χ2v) is 6.32. The first-order valence-electron chi connectivity index (χ1n) is 6.84. The van der Waals surface area contributed by atoms with Crippen molar-refractivity contribution < 1.29 is 9.53 Å². The number of aryl methyl sites for hydroxylation is 2. The monoisotopic (exact) mass is 307 g/mol. The maximum atomic E-state index is 12.7. The summed E-state index contributed by atoms with van der Waals surface area (Å²) >= 11 is 1.29. The van der Waals surface area contributed by atoms with Crippen LogP contribution >= 0.6 is 11.3 Å². The van der Waals surface area contributed by atoms with E-state index in [-0.39, 0.29) is 17.5 Å². The smallest absolute Gasteiger partial charge is 0.264 e. The molecular formula is C14H17N3O3S. The van der Waals surface area contributed by atoms with Crippen molar-refractivity contribution in [3.8, 4) is 0 Å². The van der Waals surface area contributed by atoms with Gasteiger partial charge in [0.1, 0.15) is 4.83 Å². The highest BCUT2D eigenvalue weighted by atomic mass is 32.1. The fraction of sp³-hybridized carbons (Fsp3) is 0.500. The lowest BCUT2D eigenvalue weighted by Crippen LogP contribution is -2.47. The van der Waals surface area contributed by atoms with Gasteiger partial charge in [0.15, 0.2) is 0 Å². The van der Waals surface area contributed by atoms with Gasteiger partial charge in [0.05, 0.1) is 35.8 Å². The zero-order chi connectivity index (χ0) is 15.1. The fourth-order valence-electron chi connectivity index (χ4n) is 2.57. The van der Waals surface area contributed by atoms with Gasteiger partial charge in [0, 0.05) is 13.6 Å². The number of carbonyl (C=O) groups excluding carboxylic acids is 1. The summed E-state index contributed by atoms with van der Waals surface area (Å²) in [4.78, 5) is 32.2. The van der Waals surface area contributed by atoms with Gasteiger partial charge in [-0.3, -0.25) is 9.59 Å². The van der Waals surface area contributed by atoms with Crippen molar-refractivity contribution in [2.75, 3.05) is 19.8 Å². The minimum atomic E-state index is -0.108. The van der Waals surface area contributed by atoms with Gasteiger partial charge in [-0.15, -0.1) is 11.3 Å². The number of fused-ring (bicyclic) bond motifs is 1. The van der Waals surface area contributed by atoms with Gasteiger partial charge in [-0.2, -0.15) is 0 Å². The standard InChI is InChI=1S/C14H17N3O3S/c1-8-6-20-5-4-17(8)14(19)11-9(2)10-12(21-11)15-7-16(3)13(10)18/h7-8H,4-6H2,1-3H3/t8-/m1/s1. The van der Waals surface area contributed by atoms with E-state index in [0.29, 0.717) is 34.9 Å². The van der Waals surface area contributed by atoms with Crippen LogP contribution in [0.4, 0.5) is 0 Å². The Bertz CT molecular complexity index is 765. The van der Waals surface area contributed by atoms with Crippen LogP contribution < -0.4 is 5.56 Å². The Balaban J connectivity index is 2.08. The van der Waals surface area contributed by atoms with Crippen molar-refractivity contribution in [3.63, 3.8) is 0 Å². The molecule has 2 aromatic heterocycles. The SMILES string of the molecule is Cc1c(C(=O)N2CCOC[C@H]2C)sc2ncn(C)c(=O)c12. The van der Waals surface area contributed by atoms with Crippen LogP contribution in [0, 0.1) is 6.92 Å². The van der Waals surface area contributed by atoms with Crippen LogP contribution in [0.5, 0.6) is 0 Å². The zero-order valence-corrected chi connectivity index (χ0v) is 13.1. The number of nitrogens with zero attached hydrogens (tertiary/aromatic N) is 3. The van der Waals surface area contributed by atoms with E-state index in [2.05, 4.69) is 4.98 Å². The van der Waals surface area contributed by atoms with Gasteiger partial charge >= 0.3 is 0 Å². The first-order valence-corrected chi connectivity index (χ1v) is 7.65. The van der Waals surface area contributed by atoms with Crippen LogP contribution in [-0.2, 0) is 11.8 Å².